The van der Waals surface area contributed by atoms with E-state index in [1.165, 1.54) is 14.1 Å². The van der Waals surface area contributed by atoms with E-state index < -0.39 is 57.6 Å². The predicted octanol–water partition coefficient (Wildman–Crippen LogP) is 1.32. The second kappa shape index (κ2) is 5.95. The van der Waals surface area contributed by atoms with Crippen LogP contribution in [-0.2, 0) is 22.1 Å². The predicted molar refractivity (Wildman–Crippen MR) is 82.2 cm³/mol. The smallest absolute Gasteiger partial charge is 0.215 e. The van der Waals surface area contributed by atoms with Gasteiger partial charge in [-0.1, -0.05) is 6.07 Å². The number of rotatable bonds is 6. The lowest BCUT2D eigenvalue weighted by atomic mass is 10.1. The molecule has 5 nitrogen and oxygen atoms in total. The Morgan fingerprint density at radius 3 is 3.10 bits per heavy atom. The van der Waals surface area contributed by atoms with Crippen molar-refractivity contribution in [3.8, 4) is 0 Å². The number of nitrogens with one attached hydrogen (secondary N) is 2. The monoisotopic (exact) mass is 307 g/mol. The molecular weight excluding hydrogens is 274 g/mol. The van der Waals surface area contributed by atoms with Crippen LogP contribution in [0.5, 0.6) is 0 Å². The summed E-state index contributed by atoms with van der Waals surface area (Å²) in [6.07, 6.45) is -3.64. The minimum Gasteiger partial charge on any atom is -0.361 e. The molecule has 20 heavy (non-hydrogen) atoms. The molecule has 2 rings (SSSR count). The SMILES string of the molecule is [2H]c1c(C([2H])([2H])C([2H])([2H])N(C)C)c2cc(C([2H])([2H])S(=O)(=O)N([2H])C([2H])([2H])[2H])ccc2n1[2H]. The first-order valence-electron chi connectivity index (χ1n) is 11.4. The van der Waals surface area contributed by atoms with Gasteiger partial charge in [0.25, 0.3) is 0 Å². The number of fused-ring (bicyclic) bond motifs is 1. The first-order chi connectivity index (χ1) is 14.1. The molecule has 6 heteroatoms. The molecule has 0 saturated heterocycles. The van der Waals surface area contributed by atoms with E-state index in [4.69, 9.17) is 16.5 Å². The fourth-order valence-electron chi connectivity index (χ4n) is 1.51. The molecule has 0 aliphatic heterocycles. The van der Waals surface area contributed by atoms with Crippen LogP contribution in [0.25, 0.3) is 10.9 Å². The van der Waals surface area contributed by atoms with Crippen molar-refractivity contribution in [2.45, 2.75) is 12.1 Å². The molecule has 110 valence electrons. The fourth-order valence-corrected chi connectivity index (χ4v) is 1.98. The van der Waals surface area contributed by atoms with Gasteiger partial charge in [0.05, 0.1) is 7.08 Å². The number of hydrogen-bond donors (Lipinski definition) is 2. The van der Waals surface area contributed by atoms with Gasteiger partial charge in [0.2, 0.25) is 10.0 Å². The maximum atomic E-state index is 12.5. The normalized spacial score (nSPS) is 24.2. The number of benzene rings is 1. The highest BCUT2D eigenvalue weighted by molar-refractivity contribution is 7.88. The van der Waals surface area contributed by atoms with Gasteiger partial charge >= 0.3 is 0 Å². The highest BCUT2D eigenvalue weighted by atomic mass is 32.2. The zero-order chi connectivity index (χ0) is 25.2. The van der Waals surface area contributed by atoms with Crippen LogP contribution < -0.4 is 4.72 Å². The van der Waals surface area contributed by atoms with Crippen LogP contribution >= 0.6 is 0 Å². The van der Waals surface area contributed by atoms with Crippen molar-refractivity contribution in [2.24, 2.45) is 0 Å². The van der Waals surface area contributed by atoms with Crippen LogP contribution in [0.15, 0.2) is 24.4 Å². The van der Waals surface area contributed by atoms with Gasteiger partial charge in [0.1, 0.15) is 1.41 Å². The van der Waals surface area contributed by atoms with Crippen LogP contribution in [0, 0.1) is 0 Å². The van der Waals surface area contributed by atoms with Crippen molar-refractivity contribution in [1.82, 2.24) is 14.6 Å². The second-order valence-corrected chi connectivity index (χ2v) is 5.47. The maximum absolute atomic E-state index is 12.5. The summed E-state index contributed by atoms with van der Waals surface area (Å²) < 4.78 is 118. The average molecular weight is 307 g/mol. The van der Waals surface area contributed by atoms with Gasteiger partial charge in [-0.05, 0) is 50.7 Å². The molecule has 0 atom stereocenters. The van der Waals surface area contributed by atoms with Gasteiger partial charge in [-0.2, -0.15) is 0 Å². The highest BCUT2D eigenvalue weighted by Gasteiger charge is 2.11. The topological polar surface area (TPSA) is 65.2 Å². The van der Waals surface area contributed by atoms with Crippen LogP contribution in [0.1, 0.15) is 24.8 Å². The quantitative estimate of drug-likeness (QED) is 0.846. The van der Waals surface area contributed by atoms with Crippen molar-refractivity contribution >= 4 is 20.9 Å². The number of aromatic amines is 1. The first-order valence-corrected chi connectivity index (χ1v) is 6.94. The van der Waals surface area contributed by atoms with E-state index in [2.05, 4.69) is 0 Å². The third kappa shape index (κ3) is 3.59. The first kappa shape index (κ1) is 5.79. The van der Waals surface area contributed by atoms with Crippen molar-refractivity contribution in [3.63, 3.8) is 0 Å². The molecule has 2 N–H and O–H groups in total. The van der Waals surface area contributed by atoms with Crippen molar-refractivity contribution in [1.29, 1.82) is 0 Å². The number of H-pyrrole nitrogens is 1. The molecule has 0 radical (unpaired) electrons. The molecule has 0 saturated carbocycles. The molecule has 0 unspecified atom stereocenters. The molecule has 0 aliphatic carbocycles. The number of sulfonamides is 1. The zero-order valence-corrected chi connectivity index (χ0v) is 11.6. The van der Waals surface area contributed by atoms with E-state index in [-0.39, 0.29) is 10.9 Å². The van der Waals surface area contributed by atoms with E-state index in [1.807, 2.05) is 0 Å². The lowest BCUT2D eigenvalue weighted by molar-refractivity contribution is 0.414. The van der Waals surface area contributed by atoms with Crippen LogP contribution in [0.4, 0.5) is 0 Å². The molecular formula is C14H21N3O2S. The van der Waals surface area contributed by atoms with Gasteiger partial charge < -0.3 is 9.88 Å². The Hall–Kier alpha value is -1.37. The van der Waals surface area contributed by atoms with Gasteiger partial charge in [-0.25, -0.2) is 13.1 Å². The highest BCUT2D eigenvalue weighted by Crippen LogP contribution is 2.21. The Morgan fingerprint density at radius 1 is 1.60 bits per heavy atom. The van der Waals surface area contributed by atoms with Crippen LogP contribution in [0.2, 0.25) is 2.82 Å². The zero-order valence-electron chi connectivity index (χ0n) is 22.8. The summed E-state index contributed by atoms with van der Waals surface area (Å²) in [7, 11) is -2.90. The van der Waals surface area contributed by atoms with Crippen LogP contribution in [0.3, 0.4) is 0 Å². The van der Waals surface area contributed by atoms with Gasteiger partial charge in [0, 0.05) is 35.9 Å². The van der Waals surface area contributed by atoms with E-state index >= 15 is 0 Å². The van der Waals surface area contributed by atoms with E-state index in [9.17, 15) is 8.42 Å². The van der Waals surface area contributed by atoms with E-state index in [1.54, 1.807) is 0 Å². The van der Waals surface area contributed by atoms with Gasteiger partial charge in [0.15, 0.2) is 1.41 Å². The summed E-state index contributed by atoms with van der Waals surface area (Å²) in [6, 6.07) is 2.78. The molecule has 1 heterocycles. The molecule has 0 amide bonds. The largest absolute Gasteiger partial charge is 0.361 e. The third-order valence-electron chi connectivity index (χ3n) is 2.33. The summed E-state index contributed by atoms with van der Waals surface area (Å²) >= 11 is 0. The van der Waals surface area contributed by atoms with E-state index in [0.717, 1.165) is 23.1 Å². The summed E-state index contributed by atoms with van der Waals surface area (Å²) in [5.74, 6) is 0. The lowest BCUT2D eigenvalue weighted by Crippen LogP contribution is -2.20. The number of nitrogens with zero attached hydrogens (tertiary/aromatic N) is 1. The van der Waals surface area contributed by atoms with Crippen molar-refractivity contribution in [2.75, 3.05) is 27.6 Å². The maximum Gasteiger partial charge on any atom is 0.215 e. The molecule has 0 spiro atoms. The van der Waals surface area contributed by atoms with Crippen molar-refractivity contribution < 1.29 is 24.9 Å². The minimum absolute atomic E-state index is 0.126. The van der Waals surface area contributed by atoms with Gasteiger partial charge in [-0.15, -0.1) is 0 Å². The van der Waals surface area contributed by atoms with Crippen LogP contribution in [-0.4, -0.2) is 45.9 Å². The Kier molecular flexibility index (Phi) is 1.72. The fraction of sp³-hybridized carbons (Fsp3) is 0.429. The Labute approximate surface area is 137 Å². The standard InChI is InChI=1S/C14H21N3O2S/c1-15-20(18,19)10-11-4-5-14-13(8-11)12(9-16-14)6-7-17(2)3/h4-5,8-9,15-16H,6-7,10H2,1-3H3/i1D3,6D2,7D2,9D,10D2/hD2. The Morgan fingerprint density at radius 2 is 2.40 bits per heavy atom. The third-order valence-corrected chi connectivity index (χ3v) is 3.06. The number of aryl methyl sites for hydroxylation is 1. The summed E-state index contributed by atoms with van der Waals surface area (Å²) in [6.45, 7) is -6.17. The average Bonchev–Trinajstić information content (AvgIpc) is 2.90. The lowest BCUT2D eigenvalue weighted by Gasteiger charge is -2.08. The summed E-state index contributed by atoms with van der Waals surface area (Å²) in [5, 5.41) is -0.303. The Bertz CT molecular complexity index is 1140. The number of aromatic nitrogens is 1. The van der Waals surface area contributed by atoms with Gasteiger partial charge in [-0.3, -0.25) is 0 Å². The Balaban J connectivity index is 2.85. The molecule has 2 aromatic rings. The molecule has 0 fully saturated rings. The number of likely N-dealkylation sites (N-methyl/N-ethyl adjacent to an activating group) is 1. The summed E-state index contributed by atoms with van der Waals surface area (Å²) in [5.41, 5.74) is -4.87. The number of hydrogen-bond acceptors (Lipinski definition) is 3. The molecule has 0 bridgehead atoms. The second-order valence-electron chi connectivity index (χ2n) is 4.13. The summed E-state index contributed by atoms with van der Waals surface area (Å²) in [4.78, 5) is 1.41. The van der Waals surface area contributed by atoms with Crippen molar-refractivity contribution in [3.05, 3.63) is 35.5 Å². The van der Waals surface area contributed by atoms with E-state index in [0.29, 0.717) is 4.98 Å². The molecule has 1 aromatic heterocycles. The minimum atomic E-state index is -5.42. The molecule has 0 aliphatic rings. The molecule has 1 aromatic carbocycles.